The van der Waals surface area contributed by atoms with Gasteiger partial charge in [-0.3, -0.25) is 9.69 Å². The summed E-state index contributed by atoms with van der Waals surface area (Å²) in [7, 11) is 1.98. The molecule has 1 aromatic rings. The van der Waals surface area contributed by atoms with E-state index in [-0.39, 0.29) is 5.78 Å². The lowest BCUT2D eigenvalue weighted by molar-refractivity contribution is 0.0953. The van der Waals surface area contributed by atoms with Crippen molar-refractivity contribution in [2.24, 2.45) is 0 Å². The van der Waals surface area contributed by atoms with Crippen molar-refractivity contribution in [3.8, 4) is 0 Å². The van der Waals surface area contributed by atoms with E-state index >= 15 is 0 Å². The zero-order chi connectivity index (χ0) is 11.3. The molecule has 0 aromatic carbocycles. The summed E-state index contributed by atoms with van der Waals surface area (Å²) in [6.45, 7) is 1.47. The standard InChI is InChI=1S/C10H14BrNOS2/c1-12(5-6-14-2)7-8(13)9-3-4-10(11)15-9/h3-4H,5-7H2,1-2H3. The molecule has 0 aliphatic rings. The van der Waals surface area contributed by atoms with Crippen LogP contribution in [0.3, 0.4) is 0 Å². The number of Topliss-reactive ketones (excluding diaryl/α,β-unsaturated/α-hetero) is 1. The van der Waals surface area contributed by atoms with Gasteiger partial charge < -0.3 is 0 Å². The molecule has 0 atom stereocenters. The molecule has 0 aliphatic carbocycles. The normalized spacial score (nSPS) is 10.9. The average molecular weight is 308 g/mol. The van der Waals surface area contributed by atoms with Gasteiger partial charge in [-0.05, 0) is 41.4 Å². The van der Waals surface area contributed by atoms with E-state index in [1.807, 2.05) is 19.2 Å². The minimum absolute atomic E-state index is 0.203. The van der Waals surface area contributed by atoms with Crippen LogP contribution in [-0.2, 0) is 0 Å². The number of halogens is 1. The highest BCUT2D eigenvalue weighted by atomic mass is 79.9. The van der Waals surface area contributed by atoms with Crippen LogP contribution in [-0.4, -0.2) is 42.8 Å². The van der Waals surface area contributed by atoms with Crippen LogP contribution in [0.15, 0.2) is 15.9 Å². The van der Waals surface area contributed by atoms with Gasteiger partial charge >= 0.3 is 0 Å². The van der Waals surface area contributed by atoms with E-state index in [4.69, 9.17) is 0 Å². The van der Waals surface area contributed by atoms with E-state index in [1.54, 1.807) is 11.8 Å². The maximum Gasteiger partial charge on any atom is 0.186 e. The second-order valence-electron chi connectivity index (χ2n) is 3.26. The molecule has 84 valence electrons. The Morgan fingerprint density at radius 1 is 1.60 bits per heavy atom. The number of thiophene rings is 1. The SMILES string of the molecule is CSCCN(C)CC(=O)c1ccc(Br)s1. The second-order valence-corrected chi connectivity index (χ2v) is 6.71. The number of hydrogen-bond acceptors (Lipinski definition) is 4. The molecule has 0 aliphatic heterocycles. The number of likely N-dealkylation sites (N-methyl/N-ethyl adjacent to an activating group) is 1. The van der Waals surface area contributed by atoms with Crippen molar-refractivity contribution in [2.45, 2.75) is 0 Å². The first-order valence-corrected chi connectivity index (χ1v) is 7.60. The van der Waals surface area contributed by atoms with Crippen LogP contribution in [0.2, 0.25) is 0 Å². The molecule has 0 unspecified atom stereocenters. The number of carbonyl (C=O) groups is 1. The number of thioether (sulfide) groups is 1. The lowest BCUT2D eigenvalue weighted by Crippen LogP contribution is -2.27. The topological polar surface area (TPSA) is 20.3 Å². The summed E-state index contributed by atoms with van der Waals surface area (Å²) < 4.78 is 1.01. The van der Waals surface area contributed by atoms with Crippen molar-refractivity contribution in [1.82, 2.24) is 4.90 Å². The third-order valence-corrected chi connectivity index (χ3v) is 4.19. The molecule has 0 fully saturated rings. The fourth-order valence-electron chi connectivity index (χ4n) is 1.11. The van der Waals surface area contributed by atoms with Gasteiger partial charge in [-0.25, -0.2) is 0 Å². The van der Waals surface area contributed by atoms with E-state index < -0.39 is 0 Å². The fourth-order valence-corrected chi connectivity index (χ4v) is 2.92. The van der Waals surface area contributed by atoms with Crippen LogP contribution in [0.5, 0.6) is 0 Å². The maximum absolute atomic E-state index is 11.8. The molecule has 0 radical (unpaired) electrons. The zero-order valence-corrected chi connectivity index (χ0v) is 12.0. The highest BCUT2D eigenvalue weighted by Crippen LogP contribution is 2.22. The largest absolute Gasteiger partial charge is 0.298 e. The van der Waals surface area contributed by atoms with E-state index in [9.17, 15) is 4.79 Å². The van der Waals surface area contributed by atoms with Crippen molar-refractivity contribution in [2.75, 3.05) is 32.1 Å². The van der Waals surface area contributed by atoms with Gasteiger partial charge in [0.25, 0.3) is 0 Å². The van der Waals surface area contributed by atoms with Crippen LogP contribution in [0.4, 0.5) is 0 Å². The van der Waals surface area contributed by atoms with Crippen molar-refractivity contribution < 1.29 is 4.79 Å². The molecule has 0 amide bonds. The van der Waals surface area contributed by atoms with Gasteiger partial charge in [0.15, 0.2) is 5.78 Å². The Hall–Kier alpha value is 0.160. The summed E-state index contributed by atoms with van der Waals surface area (Å²) in [6, 6.07) is 3.79. The Kier molecular flexibility index (Phi) is 5.89. The molecule has 15 heavy (non-hydrogen) atoms. The van der Waals surface area contributed by atoms with Crippen molar-refractivity contribution in [1.29, 1.82) is 0 Å². The lowest BCUT2D eigenvalue weighted by atomic mass is 10.3. The quantitative estimate of drug-likeness (QED) is 0.754. The summed E-state index contributed by atoms with van der Waals surface area (Å²) in [4.78, 5) is 14.7. The Morgan fingerprint density at radius 3 is 2.87 bits per heavy atom. The number of rotatable bonds is 6. The number of carbonyl (C=O) groups excluding carboxylic acids is 1. The molecule has 1 heterocycles. The fraction of sp³-hybridized carbons (Fsp3) is 0.500. The van der Waals surface area contributed by atoms with Gasteiger partial charge in [0.05, 0.1) is 15.2 Å². The van der Waals surface area contributed by atoms with Crippen molar-refractivity contribution in [3.63, 3.8) is 0 Å². The van der Waals surface area contributed by atoms with Crippen LogP contribution in [0, 0.1) is 0 Å². The van der Waals surface area contributed by atoms with Crippen LogP contribution >= 0.6 is 39.0 Å². The lowest BCUT2D eigenvalue weighted by Gasteiger charge is -2.13. The predicted molar refractivity (Wildman–Crippen MR) is 72.2 cm³/mol. The molecular formula is C10H14BrNOS2. The highest BCUT2D eigenvalue weighted by Gasteiger charge is 2.10. The molecule has 1 rings (SSSR count). The predicted octanol–water partition coefficient (Wildman–Crippen LogP) is 2.99. The van der Waals surface area contributed by atoms with Crippen LogP contribution in [0.25, 0.3) is 0 Å². The summed E-state index contributed by atoms with van der Waals surface area (Å²) in [5, 5.41) is 0. The first-order chi connectivity index (χ1) is 7.13. The van der Waals surface area contributed by atoms with Gasteiger partial charge in [0.1, 0.15) is 0 Å². The number of nitrogens with zero attached hydrogens (tertiary/aromatic N) is 1. The van der Waals surface area contributed by atoms with E-state index in [0.717, 1.165) is 21.0 Å². The molecule has 0 saturated heterocycles. The Balaban J connectivity index is 2.42. The minimum Gasteiger partial charge on any atom is -0.298 e. The van der Waals surface area contributed by atoms with Gasteiger partial charge in [0.2, 0.25) is 0 Å². The van der Waals surface area contributed by atoms with E-state index in [0.29, 0.717) is 6.54 Å². The van der Waals surface area contributed by atoms with Crippen molar-refractivity contribution in [3.05, 3.63) is 20.8 Å². The third-order valence-electron chi connectivity index (χ3n) is 1.94. The molecule has 0 N–H and O–H groups in total. The molecule has 0 bridgehead atoms. The first kappa shape index (κ1) is 13.2. The van der Waals surface area contributed by atoms with E-state index in [2.05, 4.69) is 27.1 Å². The van der Waals surface area contributed by atoms with Crippen LogP contribution < -0.4 is 0 Å². The molecular weight excluding hydrogens is 294 g/mol. The second kappa shape index (κ2) is 6.68. The van der Waals surface area contributed by atoms with Gasteiger partial charge in [-0.1, -0.05) is 0 Å². The molecule has 0 saturated carbocycles. The summed E-state index contributed by atoms with van der Waals surface area (Å²) in [6.07, 6.45) is 2.08. The number of ketones is 1. The summed E-state index contributed by atoms with van der Waals surface area (Å²) >= 11 is 6.65. The molecule has 0 spiro atoms. The highest BCUT2D eigenvalue weighted by molar-refractivity contribution is 9.11. The first-order valence-electron chi connectivity index (χ1n) is 4.59. The zero-order valence-electron chi connectivity index (χ0n) is 8.83. The number of hydrogen-bond donors (Lipinski definition) is 0. The summed E-state index contributed by atoms with van der Waals surface area (Å²) in [5.74, 6) is 1.27. The Labute approximate surface area is 107 Å². The smallest absolute Gasteiger partial charge is 0.186 e. The van der Waals surface area contributed by atoms with Crippen molar-refractivity contribution >= 4 is 44.8 Å². The third kappa shape index (κ3) is 4.68. The average Bonchev–Trinajstić information content (AvgIpc) is 2.61. The minimum atomic E-state index is 0.203. The Morgan fingerprint density at radius 2 is 2.33 bits per heavy atom. The van der Waals surface area contributed by atoms with Gasteiger partial charge in [0, 0.05) is 12.3 Å². The maximum atomic E-state index is 11.8. The Bertz CT molecular complexity index is 327. The molecule has 5 heteroatoms. The molecule has 1 aromatic heterocycles. The van der Waals surface area contributed by atoms with Crippen LogP contribution in [0.1, 0.15) is 9.67 Å². The summed E-state index contributed by atoms with van der Waals surface area (Å²) in [5.41, 5.74) is 0. The molecule has 2 nitrogen and oxygen atoms in total. The monoisotopic (exact) mass is 307 g/mol. The van der Waals surface area contributed by atoms with Gasteiger partial charge in [-0.2, -0.15) is 11.8 Å². The van der Waals surface area contributed by atoms with E-state index in [1.165, 1.54) is 11.3 Å². The van der Waals surface area contributed by atoms with Gasteiger partial charge in [-0.15, -0.1) is 11.3 Å².